The lowest BCUT2D eigenvalue weighted by molar-refractivity contribution is 0.0994. The molecule has 0 bridgehead atoms. The van der Waals surface area contributed by atoms with Crippen molar-refractivity contribution in [3.05, 3.63) is 0 Å². The van der Waals surface area contributed by atoms with Gasteiger partial charge in [-0.15, -0.1) is 0 Å². The minimum atomic E-state index is -0.258. The largest absolute Gasteiger partial charge is 0.384 e. The Balaban J connectivity index is 2.42. The Morgan fingerprint density at radius 2 is 1.94 bits per heavy atom. The summed E-state index contributed by atoms with van der Waals surface area (Å²) in [5.41, 5.74) is 5.51. The predicted octanol–water partition coefficient (Wildman–Crippen LogP) is 2.62. The van der Waals surface area contributed by atoms with E-state index in [4.69, 9.17) is 10.5 Å². The topological polar surface area (TPSA) is 55.6 Å². The number of nitrogens with two attached hydrogens (primary N) is 1. The lowest BCUT2D eigenvalue weighted by atomic mass is 9.85. The van der Waals surface area contributed by atoms with E-state index in [1.165, 1.54) is 0 Å². The van der Waals surface area contributed by atoms with Crippen LogP contribution in [0.3, 0.4) is 0 Å². The van der Waals surface area contributed by atoms with Crippen molar-refractivity contribution >= 4 is 6.03 Å². The van der Waals surface area contributed by atoms with Crippen LogP contribution in [0.25, 0.3) is 0 Å². The second-order valence-electron chi connectivity index (χ2n) is 5.84. The lowest BCUT2D eigenvalue weighted by Crippen LogP contribution is -2.46. The first kappa shape index (κ1) is 15.3. The average Bonchev–Trinajstić information content (AvgIpc) is 2.31. The zero-order valence-electron chi connectivity index (χ0n) is 12.0. The number of urea groups is 1. The van der Waals surface area contributed by atoms with Crippen molar-refractivity contribution in [2.45, 2.75) is 52.0 Å². The van der Waals surface area contributed by atoms with Crippen LogP contribution >= 0.6 is 0 Å². The van der Waals surface area contributed by atoms with E-state index in [2.05, 4.69) is 13.8 Å². The lowest BCUT2D eigenvalue weighted by Gasteiger charge is -2.36. The maximum absolute atomic E-state index is 11.5. The molecule has 0 radical (unpaired) electrons. The molecule has 1 aliphatic rings. The molecule has 0 aromatic rings. The summed E-state index contributed by atoms with van der Waals surface area (Å²) in [6, 6.07) is 0.0835. The molecule has 0 atom stereocenters. The summed E-state index contributed by atoms with van der Waals surface area (Å²) in [5, 5.41) is 0. The summed E-state index contributed by atoms with van der Waals surface area (Å²) in [6.45, 7) is 5.99. The first-order valence-electron chi connectivity index (χ1n) is 7.09. The molecule has 0 saturated heterocycles. The summed E-state index contributed by atoms with van der Waals surface area (Å²) in [5.74, 6) is 1.27. The van der Waals surface area contributed by atoms with Crippen LogP contribution in [0.5, 0.6) is 0 Å². The number of primary amides is 1. The van der Waals surface area contributed by atoms with Crippen LogP contribution in [0.15, 0.2) is 0 Å². The maximum Gasteiger partial charge on any atom is 0.315 e. The minimum Gasteiger partial charge on any atom is -0.384 e. The van der Waals surface area contributed by atoms with Crippen LogP contribution in [0, 0.1) is 11.8 Å². The van der Waals surface area contributed by atoms with Gasteiger partial charge < -0.3 is 15.4 Å². The van der Waals surface area contributed by atoms with E-state index in [0.29, 0.717) is 17.9 Å². The molecule has 1 saturated carbocycles. The molecule has 1 aliphatic carbocycles. The Kier molecular flexibility index (Phi) is 6.47. The fraction of sp³-hybridized carbons (Fsp3) is 0.929. The van der Waals surface area contributed by atoms with Crippen molar-refractivity contribution in [2.75, 3.05) is 20.3 Å². The van der Waals surface area contributed by atoms with Gasteiger partial charge in [0.05, 0.1) is 0 Å². The first-order valence-corrected chi connectivity index (χ1v) is 7.09. The maximum atomic E-state index is 11.5. The molecule has 0 aromatic heterocycles. The van der Waals surface area contributed by atoms with Crippen molar-refractivity contribution < 1.29 is 9.53 Å². The highest BCUT2D eigenvalue weighted by Crippen LogP contribution is 2.28. The molecule has 2 N–H and O–H groups in total. The number of hydrogen-bond donors (Lipinski definition) is 1. The SMILES string of the molecule is COC[C@H]1CC[C@H](N(CCC(C)C)C(N)=O)CC1. The van der Waals surface area contributed by atoms with Crippen LogP contribution in [0.4, 0.5) is 4.79 Å². The highest BCUT2D eigenvalue weighted by molar-refractivity contribution is 5.72. The van der Waals surface area contributed by atoms with Gasteiger partial charge in [-0.1, -0.05) is 13.8 Å². The summed E-state index contributed by atoms with van der Waals surface area (Å²) in [7, 11) is 1.75. The molecular weight excluding hydrogens is 228 g/mol. The second kappa shape index (κ2) is 7.62. The third-order valence-electron chi connectivity index (χ3n) is 3.89. The Hall–Kier alpha value is -0.770. The van der Waals surface area contributed by atoms with E-state index in [9.17, 15) is 4.79 Å². The average molecular weight is 256 g/mol. The molecule has 0 aromatic carbocycles. The van der Waals surface area contributed by atoms with Crippen molar-refractivity contribution in [2.24, 2.45) is 17.6 Å². The molecule has 18 heavy (non-hydrogen) atoms. The normalized spacial score (nSPS) is 24.2. The van der Waals surface area contributed by atoms with Gasteiger partial charge >= 0.3 is 6.03 Å². The van der Waals surface area contributed by atoms with E-state index >= 15 is 0 Å². The van der Waals surface area contributed by atoms with Crippen LogP contribution in [0.2, 0.25) is 0 Å². The molecule has 0 spiro atoms. The number of rotatable bonds is 6. The summed E-state index contributed by atoms with van der Waals surface area (Å²) in [4.78, 5) is 13.4. The third-order valence-corrected chi connectivity index (χ3v) is 3.89. The van der Waals surface area contributed by atoms with E-state index in [-0.39, 0.29) is 6.03 Å². The summed E-state index contributed by atoms with van der Waals surface area (Å²) >= 11 is 0. The quantitative estimate of drug-likeness (QED) is 0.794. The van der Waals surface area contributed by atoms with Crippen molar-refractivity contribution in [1.29, 1.82) is 0 Å². The zero-order chi connectivity index (χ0) is 13.5. The van der Waals surface area contributed by atoms with E-state index in [1.54, 1.807) is 7.11 Å². The molecule has 106 valence electrons. The van der Waals surface area contributed by atoms with Crippen molar-refractivity contribution in [3.8, 4) is 0 Å². The van der Waals surface area contributed by atoms with Crippen LogP contribution < -0.4 is 5.73 Å². The Labute approximate surface area is 111 Å². The number of amides is 2. The van der Waals surface area contributed by atoms with Gasteiger partial charge in [-0.25, -0.2) is 4.79 Å². The molecular formula is C14H28N2O2. The molecule has 4 nitrogen and oxygen atoms in total. The van der Waals surface area contributed by atoms with Gasteiger partial charge in [0, 0.05) is 26.3 Å². The number of methoxy groups -OCH3 is 1. The van der Waals surface area contributed by atoms with Gasteiger partial charge in [-0.2, -0.15) is 0 Å². The number of ether oxygens (including phenoxy) is 1. The first-order chi connectivity index (χ1) is 8.54. The van der Waals surface area contributed by atoms with E-state index in [0.717, 1.165) is 45.3 Å². The smallest absolute Gasteiger partial charge is 0.315 e. The number of carbonyl (C=O) groups is 1. The standard InChI is InChI=1S/C14H28N2O2/c1-11(2)8-9-16(14(15)17)13-6-4-12(5-7-13)10-18-3/h11-13H,4-10H2,1-3H3,(H2,15,17)/t12-,13-. The Morgan fingerprint density at radius 3 is 2.39 bits per heavy atom. The van der Waals surface area contributed by atoms with Crippen molar-refractivity contribution in [1.82, 2.24) is 4.90 Å². The monoisotopic (exact) mass is 256 g/mol. The Bertz CT molecular complexity index is 248. The number of carbonyl (C=O) groups excluding carboxylic acids is 1. The highest BCUT2D eigenvalue weighted by atomic mass is 16.5. The van der Waals surface area contributed by atoms with Gasteiger partial charge in [-0.05, 0) is 43.9 Å². The molecule has 0 aliphatic heterocycles. The van der Waals surface area contributed by atoms with Gasteiger partial charge in [0.25, 0.3) is 0 Å². The van der Waals surface area contributed by atoms with E-state index in [1.807, 2.05) is 4.90 Å². The number of hydrogen-bond acceptors (Lipinski definition) is 2. The molecule has 1 fully saturated rings. The fourth-order valence-electron chi connectivity index (χ4n) is 2.73. The molecule has 2 amide bonds. The van der Waals surface area contributed by atoms with Gasteiger partial charge in [-0.3, -0.25) is 0 Å². The van der Waals surface area contributed by atoms with Crippen molar-refractivity contribution in [3.63, 3.8) is 0 Å². The molecule has 0 heterocycles. The molecule has 1 rings (SSSR count). The number of nitrogens with zero attached hydrogens (tertiary/aromatic N) is 1. The second-order valence-corrected chi connectivity index (χ2v) is 5.84. The fourth-order valence-corrected chi connectivity index (χ4v) is 2.73. The Morgan fingerprint density at radius 1 is 1.33 bits per heavy atom. The van der Waals surface area contributed by atoms with Crippen LogP contribution in [-0.2, 0) is 4.74 Å². The molecule has 4 heteroatoms. The van der Waals surface area contributed by atoms with Gasteiger partial charge in [0.2, 0.25) is 0 Å². The molecule has 0 unspecified atom stereocenters. The van der Waals surface area contributed by atoms with Gasteiger partial charge in [0.1, 0.15) is 0 Å². The van der Waals surface area contributed by atoms with Crippen LogP contribution in [-0.4, -0.2) is 37.2 Å². The predicted molar refractivity (Wildman–Crippen MR) is 73.4 cm³/mol. The van der Waals surface area contributed by atoms with E-state index < -0.39 is 0 Å². The minimum absolute atomic E-state index is 0.258. The van der Waals surface area contributed by atoms with Crippen LogP contribution in [0.1, 0.15) is 46.0 Å². The summed E-state index contributed by atoms with van der Waals surface area (Å²) < 4.78 is 5.20. The van der Waals surface area contributed by atoms with Gasteiger partial charge in [0.15, 0.2) is 0 Å². The highest BCUT2D eigenvalue weighted by Gasteiger charge is 2.27. The zero-order valence-corrected chi connectivity index (χ0v) is 12.0. The third kappa shape index (κ3) is 4.84. The summed E-state index contributed by atoms with van der Waals surface area (Å²) in [6.07, 6.45) is 5.44.